The molecule has 1 atom stereocenters. The first kappa shape index (κ1) is 17.0. The number of carbonyl (C=O) groups excluding carboxylic acids is 1. The molecule has 1 saturated heterocycles. The van der Waals surface area contributed by atoms with Crippen LogP contribution in [0, 0.1) is 5.92 Å². The molecule has 2 aliphatic heterocycles. The van der Waals surface area contributed by atoms with Crippen LogP contribution >= 0.6 is 0 Å². The van der Waals surface area contributed by atoms with Crippen LogP contribution in [0.25, 0.3) is 0 Å². The highest BCUT2D eigenvalue weighted by Gasteiger charge is 2.27. The highest BCUT2D eigenvalue weighted by atomic mass is 16.2. The molecule has 1 aromatic rings. The minimum absolute atomic E-state index is 0.310. The number of amides is 1. The van der Waals surface area contributed by atoms with Crippen molar-refractivity contribution in [3.05, 3.63) is 23.3 Å². The first-order valence-electron chi connectivity index (χ1n) is 10.1. The fraction of sp³-hybridized carbons (Fsp3) is 0.750. The van der Waals surface area contributed by atoms with Gasteiger partial charge in [0.15, 0.2) is 0 Å². The lowest BCUT2D eigenvalue weighted by atomic mass is 9.95. The Balaban J connectivity index is 1.36. The molecular weight excluding hydrogens is 312 g/mol. The second-order valence-corrected chi connectivity index (χ2v) is 7.99. The van der Waals surface area contributed by atoms with Gasteiger partial charge in [-0.15, -0.1) is 0 Å². The Morgan fingerprint density at radius 1 is 1.24 bits per heavy atom. The van der Waals surface area contributed by atoms with Crippen molar-refractivity contribution in [3.63, 3.8) is 0 Å². The van der Waals surface area contributed by atoms with E-state index in [9.17, 15) is 4.79 Å². The lowest BCUT2D eigenvalue weighted by Crippen LogP contribution is -2.39. The fourth-order valence-electron chi connectivity index (χ4n) is 4.65. The Bertz CT molecular complexity index is 612. The number of hydrogen-bond acceptors (Lipinski definition) is 4. The third kappa shape index (κ3) is 4.02. The molecule has 5 heteroatoms. The van der Waals surface area contributed by atoms with Gasteiger partial charge >= 0.3 is 0 Å². The molecule has 1 saturated carbocycles. The van der Waals surface area contributed by atoms with Crippen LogP contribution in [0.15, 0.2) is 6.20 Å². The highest BCUT2D eigenvalue weighted by Crippen LogP contribution is 2.30. The number of fused-ring (bicyclic) bond motifs is 1. The van der Waals surface area contributed by atoms with Crippen LogP contribution in [0.3, 0.4) is 0 Å². The molecule has 1 N–H and O–H groups in total. The van der Waals surface area contributed by atoms with E-state index in [1.807, 2.05) is 6.20 Å². The number of piperidine rings is 1. The highest BCUT2D eigenvalue weighted by molar-refractivity contribution is 5.76. The van der Waals surface area contributed by atoms with Gasteiger partial charge in [-0.25, -0.2) is 9.97 Å². The second-order valence-electron chi connectivity index (χ2n) is 7.99. The van der Waals surface area contributed by atoms with Crippen molar-refractivity contribution in [2.24, 2.45) is 5.92 Å². The molecule has 0 bridgehead atoms. The molecule has 3 aliphatic rings. The zero-order valence-electron chi connectivity index (χ0n) is 15.2. The second kappa shape index (κ2) is 7.81. The van der Waals surface area contributed by atoms with Gasteiger partial charge in [0.1, 0.15) is 5.82 Å². The Hall–Kier alpha value is -1.49. The van der Waals surface area contributed by atoms with Crippen molar-refractivity contribution in [1.82, 2.24) is 20.2 Å². The molecule has 4 rings (SSSR count). The standard InChI is InChI=1S/C20H30N4O/c25-19(8-7-15-4-1-2-5-15)24-11-3-6-16(14-24)20-22-13-17-12-21-10-9-18(17)23-20/h13,15-16,21H,1-12,14H2. The SMILES string of the molecule is O=C(CCC1CCCC1)N1CCCC(c2ncc3c(n2)CCNC3)C1. The average Bonchev–Trinajstić information content (AvgIpc) is 3.19. The number of likely N-dealkylation sites (tertiary alicyclic amines) is 1. The minimum Gasteiger partial charge on any atom is -0.342 e. The summed E-state index contributed by atoms with van der Waals surface area (Å²) in [5.74, 6) is 2.40. The largest absolute Gasteiger partial charge is 0.342 e. The van der Waals surface area contributed by atoms with E-state index >= 15 is 0 Å². The zero-order chi connectivity index (χ0) is 17.1. The van der Waals surface area contributed by atoms with Crippen LogP contribution in [0.2, 0.25) is 0 Å². The predicted molar refractivity (Wildman–Crippen MR) is 97.2 cm³/mol. The number of aromatic nitrogens is 2. The van der Waals surface area contributed by atoms with Crippen LogP contribution in [0.4, 0.5) is 0 Å². The molecule has 0 spiro atoms. The Morgan fingerprint density at radius 3 is 3.00 bits per heavy atom. The van der Waals surface area contributed by atoms with Crippen molar-refractivity contribution in [1.29, 1.82) is 0 Å². The molecule has 1 aromatic heterocycles. The number of rotatable bonds is 4. The summed E-state index contributed by atoms with van der Waals surface area (Å²) >= 11 is 0. The molecule has 0 radical (unpaired) electrons. The van der Waals surface area contributed by atoms with Crippen molar-refractivity contribution >= 4 is 5.91 Å². The van der Waals surface area contributed by atoms with Gasteiger partial charge < -0.3 is 10.2 Å². The summed E-state index contributed by atoms with van der Waals surface area (Å²) < 4.78 is 0. The maximum atomic E-state index is 12.6. The van der Waals surface area contributed by atoms with Gasteiger partial charge in [0, 0.05) is 62.4 Å². The zero-order valence-corrected chi connectivity index (χ0v) is 15.2. The number of carbonyl (C=O) groups is 1. The molecule has 2 fully saturated rings. The summed E-state index contributed by atoms with van der Waals surface area (Å²) in [6.07, 6.45) is 12.3. The third-order valence-corrected chi connectivity index (χ3v) is 6.21. The first-order valence-corrected chi connectivity index (χ1v) is 10.1. The van der Waals surface area contributed by atoms with Gasteiger partial charge in [-0.3, -0.25) is 4.79 Å². The van der Waals surface area contributed by atoms with Crippen molar-refractivity contribution < 1.29 is 4.79 Å². The Morgan fingerprint density at radius 2 is 2.12 bits per heavy atom. The van der Waals surface area contributed by atoms with E-state index in [-0.39, 0.29) is 0 Å². The smallest absolute Gasteiger partial charge is 0.222 e. The lowest BCUT2D eigenvalue weighted by molar-refractivity contribution is -0.132. The summed E-state index contributed by atoms with van der Waals surface area (Å²) in [5, 5.41) is 3.37. The summed E-state index contributed by atoms with van der Waals surface area (Å²) in [5.41, 5.74) is 2.43. The van der Waals surface area contributed by atoms with Crippen LogP contribution in [0.1, 0.15) is 74.4 Å². The van der Waals surface area contributed by atoms with Crippen LogP contribution < -0.4 is 5.32 Å². The number of nitrogens with zero attached hydrogens (tertiary/aromatic N) is 3. The number of nitrogens with one attached hydrogen (secondary N) is 1. The van der Waals surface area contributed by atoms with Gasteiger partial charge in [0.25, 0.3) is 0 Å². The lowest BCUT2D eigenvalue weighted by Gasteiger charge is -2.32. The summed E-state index contributed by atoms with van der Waals surface area (Å²) in [6, 6.07) is 0. The van der Waals surface area contributed by atoms with Gasteiger partial charge in [0.05, 0.1) is 0 Å². The molecule has 136 valence electrons. The van der Waals surface area contributed by atoms with Crippen molar-refractivity contribution in [3.8, 4) is 0 Å². The van der Waals surface area contributed by atoms with E-state index < -0.39 is 0 Å². The van der Waals surface area contributed by atoms with E-state index in [1.165, 1.54) is 36.9 Å². The Labute approximate surface area is 150 Å². The fourth-order valence-corrected chi connectivity index (χ4v) is 4.65. The van der Waals surface area contributed by atoms with Crippen LogP contribution in [0.5, 0.6) is 0 Å². The van der Waals surface area contributed by atoms with E-state index in [2.05, 4.69) is 15.2 Å². The van der Waals surface area contributed by atoms with E-state index in [0.29, 0.717) is 11.8 Å². The topological polar surface area (TPSA) is 58.1 Å². The van der Waals surface area contributed by atoms with Gasteiger partial charge in [0.2, 0.25) is 5.91 Å². The monoisotopic (exact) mass is 342 g/mol. The maximum Gasteiger partial charge on any atom is 0.222 e. The molecule has 0 aromatic carbocycles. The normalized spacial score (nSPS) is 24.3. The molecule has 1 amide bonds. The number of hydrogen-bond donors (Lipinski definition) is 1. The molecule has 1 aliphatic carbocycles. The van der Waals surface area contributed by atoms with E-state index in [4.69, 9.17) is 4.98 Å². The summed E-state index contributed by atoms with van der Waals surface area (Å²) in [4.78, 5) is 24.2. The van der Waals surface area contributed by atoms with Gasteiger partial charge in [-0.05, 0) is 25.2 Å². The molecule has 3 heterocycles. The molecule has 5 nitrogen and oxygen atoms in total. The van der Waals surface area contributed by atoms with Crippen LogP contribution in [-0.2, 0) is 17.8 Å². The molecular formula is C20H30N4O. The van der Waals surface area contributed by atoms with E-state index in [0.717, 1.165) is 70.0 Å². The maximum absolute atomic E-state index is 12.6. The minimum atomic E-state index is 0.310. The summed E-state index contributed by atoms with van der Waals surface area (Å²) in [6.45, 7) is 3.60. The van der Waals surface area contributed by atoms with E-state index in [1.54, 1.807) is 0 Å². The molecule has 1 unspecified atom stereocenters. The van der Waals surface area contributed by atoms with Gasteiger partial charge in [-0.2, -0.15) is 0 Å². The Kier molecular flexibility index (Phi) is 5.30. The average molecular weight is 342 g/mol. The quantitative estimate of drug-likeness (QED) is 0.914. The summed E-state index contributed by atoms with van der Waals surface area (Å²) in [7, 11) is 0. The third-order valence-electron chi connectivity index (χ3n) is 6.21. The van der Waals surface area contributed by atoms with Crippen LogP contribution in [-0.4, -0.2) is 40.4 Å². The first-order chi connectivity index (χ1) is 12.3. The van der Waals surface area contributed by atoms with Gasteiger partial charge in [-0.1, -0.05) is 25.7 Å². The van der Waals surface area contributed by atoms with Crippen molar-refractivity contribution in [2.45, 2.75) is 70.3 Å². The predicted octanol–water partition coefficient (Wildman–Crippen LogP) is 2.80. The van der Waals surface area contributed by atoms with Crippen molar-refractivity contribution in [2.75, 3.05) is 19.6 Å². The molecule has 25 heavy (non-hydrogen) atoms.